The van der Waals surface area contributed by atoms with Crippen molar-refractivity contribution < 1.29 is 19.1 Å². The van der Waals surface area contributed by atoms with E-state index in [9.17, 15) is 9.59 Å². The summed E-state index contributed by atoms with van der Waals surface area (Å²) >= 11 is 0. The van der Waals surface area contributed by atoms with Crippen LogP contribution in [0.5, 0.6) is 0 Å². The van der Waals surface area contributed by atoms with Gasteiger partial charge in [-0.1, -0.05) is 0 Å². The first-order chi connectivity index (χ1) is 14.9. The van der Waals surface area contributed by atoms with Crippen molar-refractivity contribution >= 4 is 17.8 Å². The van der Waals surface area contributed by atoms with Crippen molar-refractivity contribution in [3.05, 3.63) is 29.7 Å². The number of hydrogen-bond acceptors (Lipinski definition) is 6. The van der Waals surface area contributed by atoms with Gasteiger partial charge in [0.05, 0.1) is 13.2 Å². The minimum Gasteiger partial charge on any atom is -0.446 e. The van der Waals surface area contributed by atoms with E-state index in [-0.39, 0.29) is 30.1 Å². The fourth-order valence-corrected chi connectivity index (χ4v) is 3.93. The third-order valence-corrected chi connectivity index (χ3v) is 5.57. The molecule has 0 bridgehead atoms. The summed E-state index contributed by atoms with van der Waals surface area (Å²) in [5, 5.41) is 17.0. The van der Waals surface area contributed by atoms with Crippen molar-refractivity contribution in [3.63, 3.8) is 0 Å². The molecule has 10 nitrogen and oxygen atoms in total. The zero-order valence-electron chi connectivity index (χ0n) is 18.6. The molecule has 2 heterocycles. The molecule has 3 atom stereocenters. The average molecular weight is 433 g/mol. The van der Waals surface area contributed by atoms with Gasteiger partial charge in [0.25, 0.3) is 5.91 Å². The molecule has 2 amide bonds. The molecule has 1 fully saturated rings. The van der Waals surface area contributed by atoms with E-state index in [1.165, 1.54) is 0 Å². The van der Waals surface area contributed by atoms with Crippen LogP contribution in [0.15, 0.2) is 18.3 Å². The summed E-state index contributed by atoms with van der Waals surface area (Å²) in [6, 6.07) is 3.59. The average Bonchev–Trinajstić information content (AvgIpc) is 3.45. The number of hydrogen-bond donors (Lipinski definition) is 3. The number of nitrogens with one attached hydrogen (secondary N) is 3. The maximum Gasteiger partial charge on any atom is 0.407 e. The van der Waals surface area contributed by atoms with Gasteiger partial charge in [-0.25, -0.2) is 4.79 Å². The van der Waals surface area contributed by atoms with Crippen LogP contribution in [0.4, 0.5) is 10.6 Å². The second-order valence-electron chi connectivity index (χ2n) is 8.27. The summed E-state index contributed by atoms with van der Waals surface area (Å²) < 4.78 is 12.2. The molecule has 3 N–H and O–H groups in total. The number of carbonyl (C=O) groups is 2. The van der Waals surface area contributed by atoms with Crippen LogP contribution in [0.3, 0.4) is 0 Å². The Hall–Kier alpha value is -2.88. The van der Waals surface area contributed by atoms with Gasteiger partial charge in [0, 0.05) is 37.0 Å². The van der Waals surface area contributed by atoms with E-state index < -0.39 is 0 Å². The van der Waals surface area contributed by atoms with Crippen molar-refractivity contribution in [2.75, 3.05) is 19.0 Å². The van der Waals surface area contributed by atoms with E-state index in [0.29, 0.717) is 30.6 Å². The first kappa shape index (κ1) is 22.8. The molecular weight excluding hydrogens is 400 g/mol. The van der Waals surface area contributed by atoms with Gasteiger partial charge in [-0.2, -0.15) is 10.2 Å². The summed E-state index contributed by atoms with van der Waals surface area (Å²) in [6.07, 6.45) is 3.91. The number of alkyl carbamates (subject to hydrolysis) is 1. The molecule has 0 saturated heterocycles. The molecule has 1 aliphatic rings. The lowest BCUT2D eigenvalue weighted by molar-refractivity contribution is 0.0721. The quantitative estimate of drug-likeness (QED) is 0.560. The molecule has 31 heavy (non-hydrogen) atoms. The maximum atomic E-state index is 12.6. The molecule has 3 rings (SSSR count). The summed E-state index contributed by atoms with van der Waals surface area (Å²) in [5.74, 6) is 0.784. The molecule has 1 saturated carbocycles. The largest absolute Gasteiger partial charge is 0.446 e. The van der Waals surface area contributed by atoms with Gasteiger partial charge in [-0.05, 0) is 52.0 Å². The van der Waals surface area contributed by atoms with Crippen LogP contribution in [0, 0.1) is 5.92 Å². The lowest BCUT2D eigenvalue weighted by atomic mass is 9.98. The number of ether oxygens (including phenoxy) is 2. The number of nitrogens with zero attached hydrogens (tertiary/aromatic N) is 3. The molecule has 0 aliphatic heterocycles. The van der Waals surface area contributed by atoms with Crippen molar-refractivity contribution in [1.82, 2.24) is 25.3 Å². The Morgan fingerprint density at radius 1 is 1.32 bits per heavy atom. The van der Waals surface area contributed by atoms with E-state index in [1.807, 2.05) is 26.8 Å². The van der Waals surface area contributed by atoms with Gasteiger partial charge >= 0.3 is 6.09 Å². The third kappa shape index (κ3) is 6.06. The smallest absolute Gasteiger partial charge is 0.407 e. The zero-order valence-corrected chi connectivity index (χ0v) is 18.6. The maximum absolute atomic E-state index is 12.6. The van der Waals surface area contributed by atoms with E-state index in [1.54, 1.807) is 24.1 Å². The number of rotatable bonds is 9. The minimum atomic E-state index is -0.373. The molecule has 1 unspecified atom stereocenters. The number of carbonyl (C=O) groups excluding carboxylic acids is 2. The molecule has 2 aromatic heterocycles. The number of amides is 2. The highest BCUT2D eigenvalue weighted by molar-refractivity contribution is 6.02. The highest BCUT2D eigenvalue weighted by Crippen LogP contribution is 2.40. The summed E-state index contributed by atoms with van der Waals surface area (Å²) in [7, 11) is 1.61. The van der Waals surface area contributed by atoms with Crippen molar-refractivity contribution in [2.45, 2.75) is 64.6 Å². The molecular formula is C21H32N6O4. The number of anilines is 1. The van der Waals surface area contributed by atoms with E-state index in [4.69, 9.17) is 9.47 Å². The Morgan fingerprint density at radius 2 is 2.13 bits per heavy atom. The molecule has 0 radical (unpaired) electrons. The van der Waals surface area contributed by atoms with Gasteiger partial charge in [0.1, 0.15) is 11.8 Å². The normalized spacial score (nSPS) is 19.4. The van der Waals surface area contributed by atoms with Gasteiger partial charge < -0.3 is 20.1 Å². The van der Waals surface area contributed by atoms with Crippen molar-refractivity contribution in [2.24, 2.45) is 5.92 Å². The van der Waals surface area contributed by atoms with Crippen LogP contribution >= 0.6 is 0 Å². The highest BCUT2D eigenvalue weighted by Gasteiger charge is 2.32. The SMILES string of the molecule is COCCn1nccc1C(=O)Nc1cc([C@H]2CC[C@@H](C(C)OC(=O)NC(C)C)C2)[nH]n1. The fourth-order valence-electron chi connectivity index (χ4n) is 3.93. The monoisotopic (exact) mass is 432 g/mol. The van der Waals surface area contributed by atoms with Gasteiger partial charge in [-0.15, -0.1) is 0 Å². The number of methoxy groups -OCH3 is 1. The van der Waals surface area contributed by atoms with Gasteiger partial charge in [0.15, 0.2) is 5.82 Å². The van der Waals surface area contributed by atoms with Crippen LogP contribution in [-0.2, 0) is 16.0 Å². The second kappa shape index (κ2) is 10.4. The molecule has 2 aromatic rings. The Bertz CT molecular complexity index is 877. The predicted molar refractivity (Wildman–Crippen MR) is 115 cm³/mol. The zero-order chi connectivity index (χ0) is 22.4. The topological polar surface area (TPSA) is 123 Å². The number of aromatic amines is 1. The molecule has 1 aliphatic carbocycles. The molecule has 0 spiro atoms. The van der Waals surface area contributed by atoms with Crippen molar-refractivity contribution in [3.8, 4) is 0 Å². The number of H-pyrrole nitrogens is 1. The van der Waals surface area contributed by atoms with Crippen LogP contribution in [0.25, 0.3) is 0 Å². The lowest BCUT2D eigenvalue weighted by Gasteiger charge is -2.21. The summed E-state index contributed by atoms with van der Waals surface area (Å²) in [6.45, 7) is 6.72. The second-order valence-corrected chi connectivity index (χ2v) is 8.27. The highest BCUT2D eigenvalue weighted by atomic mass is 16.6. The van der Waals surface area contributed by atoms with E-state index in [2.05, 4.69) is 25.9 Å². The standard InChI is InChI=1S/C21H32N6O4/c1-13(2)23-21(29)31-14(3)15-5-6-16(11-15)17-12-19(26-25-17)24-20(28)18-7-8-22-27(18)9-10-30-4/h7-8,12-16H,5-6,9-11H2,1-4H3,(H,23,29)(H2,24,25,26,28)/t14?,15-,16+/m1/s1. The van der Waals surface area contributed by atoms with E-state index in [0.717, 1.165) is 25.0 Å². The third-order valence-electron chi connectivity index (χ3n) is 5.57. The van der Waals surface area contributed by atoms with Crippen LogP contribution in [0.2, 0.25) is 0 Å². The Balaban J connectivity index is 1.54. The van der Waals surface area contributed by atoms with Crippen molar-refractivity contribution in [1.29, 1.82) is 0 Å². The first-order valence-electron chi connectivity index (χ1n) is 10.7. The van der Waals surface area contributed by atoms with Gasteiger partial charge in [0.2, 0.25) is 0 Å². The fraction of sp³-hybridized carbons (Fsp3) is 0.619. The Labute approximate surface area is 182 Å². The Kier molecular flexibility index (Phi) is 7.67. The number of aromatic nitrogens is 4. The van der Waals surface area contributed by atoms with E-state index >= 15 is 0 Å². The predicted octanol–water partition coefficient (Wildman–Crippen LogP) is 2.91. The van der Waals surface area contributed by atoms with Gasteiger partial charge in [-0.3, -0.25) is 14.6 Å². The minimum absolute atomic E-state index is 0.0493. The summed E-state index contributed by atoms with van der Waals surface area (Å²) in [5.41, 5.74) is 1.43. The Morgan fingerprint density at radius 3 is 2.87 bits per heavy atom. The van der Waals surface area contributed by atoms with Crippen LogP contribution in [0.1, 0.15) is 62.1 Å². The molecule has 170 valence electrons. The summed E-state index contributed by atoms with van der Waals surface area (Å²) in [4.78, 5) is 24.4. The lowest BCUT2D eigenvalue weighted by Crippen LogP contribution is -2.34. The first-order valence-corrected chi connectivity index (χ1v) is 10.7. The van der Waals surface area contributed by atoms with Crippen LogP contribution < -0.4 is 10.6 Å². The van der Waals surface area contributed by atoms with Crippen LogP contribution in [-0.4, -0.2) is 57.8 Å². The molecule has 10 heteroatoms. The molecule has 0 aromatic carbocycles.